The normalized spacial score (nSPS) is 43.6. The van der Waals surface area contributed by atoms with Gasteiger partial charge in [-0.2, -0.15) is 0 Å². The molecule has 0 unspecified atom stereocenters. The van der Waals surface area contributed by atoms with Crippen LogP contribution in [0, 0.1) is 23.7 Å². The van der Waals surface area contributed by atoms with Crippen LogP contribution in [0.3, 0.4) is 0 Å². The number of imide groups is 1. The molecule has 2 aliphatic carbocycles. The van der Waals surface area contributed by atoms with Crippen LogP contribution in [0.4, 0.5) is 0 Å². The highest BCUT2D eigenvalue weighted by Crippen LogP contribution is 2.60. The minimum absolute atomic E-state index is 0.0414. The number of rotatable bonds is 4. The maximum atomic E-state index is 12.9. The van der Waals surface area contributed by atoms with Crippen LogP contribution in [0.1, 0.15) is 26.2 Å². The van der Waals surface area contributed by atoms with Crippen LogP contribution in [-0.2, 0) is 19.1 Å². The van der Waals surface area contributed by atoms with Crippen molar-refractivity contribution in [3.05, 3.63) is 0 Å². The van der Waals surface area contributed by atoms with Crippen molar-refractivity contribution in [2.75, 3.05) is 13.2 Å². The molecule has 8 atom stereocenters. The molecule has 25 heavy (non-hydrogen) atoms. The van der Waals surface area contributed by atoms with E-state index >= 15 is 0 Å². The molecule has 4 rings (SSSR count). The third kappa shape index (κ3) is 2.70. The number of likely N-dealkylation sites (tertiary alicyclic amines) is 1. The molecule has 2 aliphatic heterocycles. The van der Waals surface area contributed by atoms with Gasteiger partial charge in [-0.25, -0.2) is 0 Å². The first kappa shape index (κ1) is 17.9. The highest BCUT2D eigenvalue weighted by molar-refractivity contribution is 9.12. The van der Waals surface area contributed by atoms with Crippen molar-refractivity contribution in [3.8, 4) is 0 Å². The molecule has 138 valence electrons. The van der Waals surface area contributed by atoms with Gasteiger partial charge in [-0.1, -0.05) is 31.9 Å². The molecular weight excluding hydrogens is 456 g/mol. The van der Waals surface area contributed by atoms with Crippen molar-refractivity contribution in [3.63, 3.8) is 0 Å². The molecule has 8 heteroatoms. The van der Waals surface area contributed by atoms with Crippen molar-refractivity contribution in [2.45, 2.75) is 48.0 Å². The van der Waals surface area contributed by atoms with Crippen LogP contribution in [0.5, 0.6) is 0 Å². The smallest absolute Gasteiger partial charge is 0.243 e. The van der Waals surface area contributed by atoms with Gasteiger partial charge in [0.2, 0.25) is 17.7 Å². The van der Waals surface area contributed by atoms with Gasteiger partial charge in [-0.3, -0.25) is 19.3 Å². The molecule has 0 aromatic carbocycles. The fourth-order valence-electron chi connectivity index (χ4n) is 5.04. The number of fused-ring (bicyclic) bond motifs is 5. The van der Waals surface area contributed by atoms with Crippen LogP contribution < -0.4 is 5.32 Å². The zero-order valence-electron chi connectivity index (χ0n) is 14.0. The van der Waals surface area contributed by atoms with E-state index in [4.69, 9.17) is 4.74 Å². The summed E-state index contributed by atoms with van der Waals surface area (Å²) in [5.41, 5.74) is 0. The number of hydrogen-bond donors (Lipinski definition) is 1. The molecule has 4 fully saturated rings. The van der Waals surface area contributed by atoms with Crippen LogP contribution in [0.25, 0.3) is 0 Å². The molecule has 0 spiro atoms. The van der Waals surface area contributed by atoms with Crippen molar-refractivity contribution in [1.82, 2.24) is 10.2 Å². The van der Waals surface area contributed by atoms with E-state index in [-0.39, 0.29) is 57.2 Å². The molecule has 2 heterocycles. The van der Waals surface area contributed by atoms with Crippen molar-refractivity contribution in [2.24, 2.45) is 23.7 Å². The van der Waals surface area contributed by atoms with Crippen molar-refractivity contribution in [1.29, 1.82) is 0 Å². The van der Waals surface area contributed by atoms with Gasteiger partial charge in [0.05, 0.1) is 17.9 Å². The number of amides is 3. The monoisotopic (exact) mass is 476 g/mol. The van der Waals surface area contributed by atoms with E-state index in [0.29, 0.717) is 6.54 Å². The third-order valence-corrected chi connectivity index (χ3v) is 9.52. The summed E-state index contributed by atoms with van der Waals surface area (Å²) in [6.07, 6.45) is 2.88. The minimum Gasteiger partial charge on any atom is -0.376 e. The lowest BCUT2D eigenvalue weighted by Gasteiger charge is -2.28. The molecule has 3 amide bonds. The van der Waals surface area contributed by atoms with E-state index < -0.39 is 6.04 Å². The van der Waals surface area contributed by atoms with Gasteiger partial charge in [0, 0.05) is 22.8 Å². The van der Waals surface area contributed by atoms with Crippen molar-refractivity contribution < 1.29 is 19.1 Å². The summed E-state index contributed by atoms with van der Waals surface area (Å²) < 4.78 is 5.50. The average Bonchev–Trinajstić information content (AvgIpc) is 3.33. The summed E-state index contributed by atoms with van der Waals surface area (Å²) >= 11 is 7.34. The number of nitrogens with zero attached hydrogens (tertiary/aromatic N) is 1. The maximum Gasteiger partial charge on any atom is 0.243 e. The van der Waals surface area contributed by atoms with Crippen LogP contribution in [0.15, 0.2) is 0 Å². The van der Waals surface area contributed by atoms with Gasteiger partial charge in [0.15, 0.2) is 0 Å². The highest BCUT2D eigenvalue weighted by atomic mass is 79.9. The largest absolute Gasteiger partial charge is 0.376 e. The predicted octanol–water partition coefficient (Wildman–Crippen LogP) is 1.45. The Balaban J connectivity index is 1.45. The Bertz CT molecular complexity index is 577. The standard InChI is InChI=1S/C17H22Br2N2O4/c1-7(15(22)20-6-8-3-2-4-25-8)21-16(23)11-9-5-10(12(11)17(21)24)14(19)13(9)18/h7-14H,2-6H2,1H3,(H,20,22)/t7-,8+,9+,10+,11+,12+,13-,14+/m1/s1. The second kappa shape index (κ2) is 6.60. The molecule has 2 bridgehead atoms. The molecule has 0 aromatic rings. The zero-order valence-corrected chi connectivity index (χ0v) is 17.2. The Labute approximate surface area is 163 Å². The predicted molar refractivity (Wildman–Crippen MR) is 97.3 cm³/mol. The van der Waals surface area contributed by atoms with Crippen LogP contribution in [-0.4, -0.2) is 57.6 Å². The lowest BCUT2D eigenvalue weighted by atomic mass is 9.81. The summed E-state index contributed by atoms with van der Waals surface area (Å²) in [6, 6.07) is -0.769. The molecule has 6 nitrogen and oxygen atoms in total. The molecule has 1 N–H and O–H groups in total. The number of ether oxygens (including phenoxy) is 1. The molecule has 2 saturated heterocycles. The van der Waals surface area contributed by atoms with E-state index in [1.165, 1.54) is 4.90 Å². The third-order valence-electron chi connectivity index (χ3n) is 6.32. The molecule has 0 aromatic heterocycles. The van der Waals surface area contributed by atoms with Gasteiger partial charge in [-0.15, -0.1) is 0 Å². The number of hydrogen-bond acceptors (Lipinski definition) is 4. The average molecular weight is 478 g/mol. The van der Waals surface area contributed by atoms with Gasteiger partial charge < -0.3 is 10.1 Å². The van der Waals surface area contributed by atoms with Crippen molar-refractivity contribution >= 4 is 49.6 Å². The van der Waals surface area contributed by atoms with Gasteiger partial charge in [0.1, 0.15) is 6.04 Å². The second-order valence-corrected chi connectivity index (χ2v) is 9.72. The maximum absolute atomic E-state index is 12.9. The lowest BCUT2D eigenvalue weighted by molar-refractivity contribution is -0.148. The van der Waals surface area contributed by atoms with Gasteiger partial charge >= 0.3 is 0 Å². The molecular formula is C17H22Br2N2O4. The van der Waals surface area contributed by atoms with E-state index in [9.17, 15) is 14.4 Å². The summed E-state index contributed by atoms with van der Waals surface area (Å²) in [6.45, 7) is 2.80. The lowest BCUT2D eigenvalue weighted by Crippen LogP contribution is -2.50. The summed E-state index contributed by atoms with van der Waals surface area (Å²) in [7, 11) is 0. The number of carbonyl (C=O) groups excluding carboxylic acids is 3. The molecule has 2 saturated carbocycles. The Morgan fingerprint density at radius 3 is 2.36 bits per heavy atom. The number of nitrogens with one attached hydrogen (secondary N) is 1. The Hall–Kier alpha value is -0.470. The second-order valence-electron chi connectivity index (χ2n) is 7.61. The van der Waals surface area contributed by atoms with Gasteiger partial charge in [-0.05, 0) is 38.0 Å². The van der Waals surface area contributed by atoms with Crippen LogP contribution >= 0.6 is 31.9 Å². The highest BCUT2D eigenvalue weighted by Gasteiger charge is 2.67. The summed E-state index contributed by atoms with van der Waals surface area (Å²) in [5, 5.41) is 2.84. The topological polar surface area (TPSA) is 75.7 Å². The fraction of sp³-hybridized carbons (Fsp3) is 0.824. The zero-order chi connectivity index (χ0) is 17.9. The Morgan fingerprint density at radius 1 is 1.24 bits per heavy atom. The first-order valence-electron chi connectivity index (χ1n) is 8.96. The summed E-state index contributed by atoms with van der Waals surface area (Å²) in [4.78, 5) is 39.9. The van der Waals surface area contributed by atoms with E-state index in [2.05, 4.69) is 37.2 Å². The number of alkyl halides is 2. The molecule has 4 aliphatic rings. The first-order chi connectivity index (χ1) is 11.9. The van der Waals surface area contributed by atoms with E-state index in [1.54, 1.807) is 6.92 Å². The van der Waals surface area contributed by atoms with E-state index in [1.807, 2.05) is 0 Å². The number of carbonyl (C=O) groups is 3. The van der Waals surface area contributed by atoms with Crippen LogP contribution in [0.2, 0.25) is 0 Å². The first-order valence-corrected chi connectivity index (χ1v) is 10.8. The quantitative estimate of drug-likeness (QED) is 0.491. The Kier molecular flexibility index (Phi) is 4.73. The number of halogens is 2. The van der Waals surface area contributed by atoms with Gasteiger partial charge in [0.25, 0.3) is 0 Å². The van der Waals surface area contributed by atoms with E-state index in [0.717, 1.165) is 25.9 Å². The minimum atomic E-state index is -0.769. The Morgan fingerprint density at radius 2 is 1.84 bits per heavy atom. The SMILES string of the molecule is C[C@H](C(=O)NC[C@@H]1CCCO1)N1C(=O)[C@H]2[C@@H]3C[C@H]([C@@H](Br)[C@H]3Br)[C@@H]2C1=O. The summed E-state index contributed by atoms with van der Waals surface area (Å²) in [5.74, 6) is -0.841. The fourth-order valence-corrected chi connectivity index (χ4v) is 6.91. The molecule has 0 radical (unpaired) electrons.